The minimum Gasteiger partial charge on any atom is -0.483 e. The molecule has 0 aliphatic carbocycles. The Kier molecular flexibility index (Phi) is 5.17. The molecule has 1 aromatic heterocycles. The molecule has 0 bridgehead atoms. The number of hydrogen-bond acceptors (Lipinski definition) is 4. The number of carbonyl (C=O) groups excluding carboxylic acids is 1. The normalized spacial score (nSPS) is 9.85. The number of anilines is 1. The summed E-state index contributed by atoms with van der Waals surface area (Å²) in [6.07, 6.45) is 0. The van der Waals surface area contributed by atoms with E-state index in [0.29, 0.717) is 16.3 Å². The van der Waals surface area contributed by atoms with Crippen LogP contribution in [0.25, 0.3) is 0 Å². The lowest BCUT2D eigenvalue weighted by Crippen LogP contribution is -2.20. The maximum Gasteiger partial charge on any atom is 0.262 e. The maximum atomic E-state index is 11.8. The molecule has 0 unspecified atom stereocenters. The van der Waals surface area contributed by atoms with Crippen molar-refractivity contribution in [2.45, 2.75) is 0 Å². The van der Waals surface area contributed by atoms with Crippen LogP contribution in [0.4, 0.5) is 5.00 Å². The Hall–Kier alpha value is -1.36. The molecule has 7 heteroatoms. The number of rotatable bonds is 4. The molecule has 1 amide bonds. The highest BCUT2D eigenvalue weighted by Crippen LogP contribution is 2.28. The average Bonchev–Trinajstić information content (AvgIpc) is 2.85. The van der Waals surface area contributed by atoms with Crippen LogP contribution in [0.2, 0.25) is 0 Å². The zero-order chi connectivity index (χ0) is 14.5. The van der Waals surface area contributed by atoms with Crippen molar-refractivity contribution in [3.05, 3.63) is 44.2 Å². The predicted octanol–water partition coefficient (Wildman–Crippen LogP) is 4.16. The van der Waals surface area contributed by atoms with Crippen molar-refractivity contribution in [1.29, 1.82) is 5.26 Å². The summed E-state index contributed by atoms with van der Waals surface area (Å²) >= 11 is 7.99. The third-order valence-corrected chi connectivity index (χ3v) is 4.23. The Morgan fingerprint density at radius 3 is 2.90 bits per heavy atom. The van der Waals surface area contributed by atoms with Gasteiger partial charge in [-0.25, -0.2) is 0 Å². The number of thiophene rings is 1. The molecule has 4 nitrogen and oxygen atoms in total. The molecule has 1 heterocycles. The Morgan fingerprint density at radius 1 is 1.40 bits per heavy atom. The van der Waals surface area contributed by atoms with Crippen LogP contribution in [0.1, 0.15) is 5.56 Å². The molecule has 102 valence electrons. The number of hydrogen-bond donors (Lipinski definition) is 1. The molecular weight excluding hydrogens is 408 g/mol. The van der Waals surface area contributed by atoms with Crippen molar-refractivity contribution in [2.75, 3.05) is 11.9 Å². The van der Waals surface area contributed by atoms with E-state index < -0.39 is 0 Å². The van der Waals surface area contributed by atoms with Crippen molar-refractivity contribution in [1.82, 2.24) is 0 Å². The van der Waals surface area contributed by atoms with Crippen LogP contribution < -0.4 is 10.1 Å². The zero-order valence-electron chi connectivity index (χ0n) is 10.0. The van der Waals surface area contributed by atoms with E-state index in [4.69, 9.17) is 10.00 Å². The van der Waals surface area contributed by atoms with Gasteiger partial charge in [-0.05, 0) is 45.6 Å². The molecule has 0 saturated carbocycles. The number of ether oxygens (including phenoxy) is 1. The highest BCUT2D eigenvalue weighted by Gasteiger charge is 2.10. The van der Waals surface area contributed by atoms with Gasteiger partial charge in [-0.3, -0.25) is 4.79 Å². The first-order valence-electron chi connectivity index (χ1n) is 5.45. The van der Waals surface area contributed by atoms with Crippen LogP contribution in [0.3, 0.4) is 0 Å². The first-order valence-corrected chi connectivity index (χ1v) is 7.92. The highest BCUT2D eigenvalue weighted by molar-refractivity contribution is 9.11. The van der Waals surface area contributed by atoms with Gasteiger partial charge in [0, 0.05) is 4.47 Å². The van der Waals surface area contributed by atoms with E-state index >= 15 is 0 Å². The second kappa shape index (κ2) is 6.88. The lowest BCUT2D eigenvalue weighted by Gasteiger charge is -2.08. The minimum atomic E-state index is -0.307. The summed E-state index contributed by atoms with van der Waals surface area (Å²) in [6, 6.07) is 9.09. The largest absolute Gasteiger partial charge is 0.483 e. The molecular formula is C13H8Br2N2O2S. The fraction of sp³-hybridized carbons (Fsp3) is 0.0769. The second-order valence-electron chi connectivity index (χ2n) is 3.69. The first kappa shape index (κ1) is 15.0. The average molecular weight is 416 g/mol. The molecule has 0 saturated heterocycles. The van der Waals surface area contributed by atoms with Gasteiger partial charge in [-0.2, -0.15) is 5.26 Å². The first-order chi connectivity index (χ1) is 9.60. The predicted molar refractivity (Wildman–Crippen MR) is 85.0 cm³/mol. The molecule has 0 atom stereocenters. The van der Waals surface area contributed by atoms with Gasteiger partial charge in [0.25, 0.3) is 5.91 Å². The summed E-state index contributed by atoms with van der Waals surface area (Å²) in [5, 5.41) is 13.8. The Balaban J connectivity index is 1.94. The summed E-state index contributed by atoms with van der Waals surface area (Å²) < 4.78 is 7.09. The molecule has 2 rings (SSSR count). The molecule has 0 fully saturated rings. The standard InChI is InChI=1S/C13H8Br2N2O2S/c14-9-1-2-11(10(15)5-9)19-7-12(18)17-13-8(6-16)3-4-20-13/h1-5H,7H2,(H,17,18). The van der Waals surface area contributed by atoms with Gasteiger partial charge in [-0.1, -0.05) is 15.9 Å². The van der Waals surface area contributed by atoms with Gasteiger partial charge < -0.3 is 10.1 Å². The van der Waals surface area contributed by atoms with Gasteiger partial charge in [0.05, 0.1) is 10.0 Å². The molecule has 20 heavy (non-hydrogen) atoms. The molecule has 1 N–H and O–H groups in total. The number of carbonyl (C=O) groups is 1. The van der Waals surface area contributed by atoms with Crippen molar-refractivity contribution in [3.63, 3.8) is 0 Å². The summed E-state index contributed by atoms with van der Waals surface area (Å²) in [7, 11) is 0. The number of nitriles is 1. The lowest BCUT2D eigenvalue weighted by molar-refractivity contribution is -0.118. The number of nitrogens with one attached hydrogen (secondary N) is 1. The van der Waals surface area contributed by atoms with Crippen molar-refractivity contribution in [2.24, 2.45) is 0 Å². The molecule has 2 aromatic rings. The Bertz CT molecular complexity index is 679. The Morgan fingerprint density at radius 2 is 2.20 bits per heavy atom. The monoisotopic (exact) mass is 414 g/mol. The molecule has 0 aliphatic heterocycles. The van der Waals surface area contributed by atoms with Gasteiger partial charge in [0.1, 0.15) is 16.8 Å². The quantitative estimate of drug-likeness (QED) is 0.815. The van der Waals surface area contributed by atoms with Crippen LogP contribution in [0, 0.1) is 11.3 Å². The van der Waals surface area contributed by atoms with E-state index in [1.807, 2.05) is 18.2 Å². The minimum absolute atomic E-state index is 0.122. The van der Waals surface area contributed by atoms with E-state index in [9.17, 15) is 4.79 Å². The SMILES string of the molecule is N#Cc1ccsc1NC(=O)COc1ccc(Br)cc1Br. The number of halogens is 2. The van der Waals surface area contributed by atoms with Gasteiger partial charge in [0.15, 0.2) is 6.61 Å². The van der Waals surface area contributed by atoms with Crippen LogP contribution in [0.5, 0.6) is 5.75 Å². The molecule has 0 spiro atoms. The highest BCUT2D eigenvalue weighted by atomic mass is 79.9. The van der Waals surface area contributed by atoms with Crippen molar-refractivity contribution in [3.8, 4) is 11.8 Å². The fourth-order valence-electron chi connectivity index (χ4n) is 1.39. The third-order valence-electron chi connectivity index (χ3n) is 2.29. The second-order valence-corrected chi connectivity index (χ2v) is 6.37. The van der Waals surface area contributed by atoms with Crippen molar-refractivity contribution >= 4 is 54.1 Å². The third kappa shape index (κ3) is 3.82. The van der Waals surface area contributed by atoms with Crippen LogP contribution in [0.15, 0.2) is 38.6 Å². The van der Waals surface area contributed by atoms with E-state index in [1.165, 1.54) is 11.3 Å². The number of nitrogens with zero attached hydrogens (tertiary/aromatic N) is 1. The fourth-order valence-corrected chi connectivity index (χ4v) is 3.31. The van der Waals surface area contributed by atoms with E-state index in [1.54, 1.807) is 17.5 Å². The summed E-state index contributed by atoms with van der Waals surface area (Å²) in [5.41, 5.74) is 0.452. The lowest BCUT2D eigenvalue weighted by atomic mass is 10.3. The van der Waals surface area contributed by atoms with Crippen LogP contribution in [-0.4, -0.2) is 12.5 Å². The van der Waals surface area contributed by atoms with E-state index in [2.05, 4.69) is 37.2 Å². The van der Waals surface area contributed by atoms with Gasteiger partial charge >= 0.3 is 0 Å². The molecule has 0 radical (unpaired) electrons. The smallest absolute Gasteiger partial charge is 0.262 e. The number of benzene rings is 1. The van der Waals surface area contributed by atoms with E-state index in [-0.39, 0.29) is 12.5 Å². The summed E-state index contributed by atoms with van der Waals surface area (Å²) in [5.74, 6) is 0.272. The summed E-state index contributed by atoms with van der Waals surface area (Å²) in [4.78, 5) is 11.8. The maximum absolute atomic E-state index is 11.8. The zero-order valence-corrected chi connectivity index (χ0v) is 14.0. The molecule has 1 aromatic carbocycles. The molecule has 0 aliphatic rings. The Labute approximate surface area is 136 Å². The van der Waals surface area contributed by atoms with Crippen LogP contribution in [-0.2, 0) is 4.79 Å². The van der Waals surface area contributed by atoms with Gasteiger partial charge in [0.2, 0.25) is 0 Å². The number of amides is 1. The van der Waals surface area contributed by atoms with Gasteiger partial charge in [-0.15, -0.1) is 11.3 Å². The topological polar surface area (TPSA) is 62.1 Å². The van der Waals surface area contributed by atoms with E-state index in [0.717, 1.165) is 8.95 Å². The van der Waals surface area contributed by atoms with Crippen molar-refractivity contribution < 1.29 is 9.53 Å². The summed E-state index contributed by atoms with van der Waals surface area (Å²) in [6.45, 7) is -0.122. The van der Waals surface area contributed by atoms with Crippen LogP contribution >= 0.6 is 43.2 Å².